The van der Waals surface area contributed by atoms with E-state index < -0.39 is 5.60 Å². The van der Waals surface area contributed by atoms with E-state index in [1.807, 2.05) is 50.8 Å². The van der Waals surface area contributed by atoms with Gasteiger partial charge in [-0.25, -0.2) is 9.78 Å². The second-order valence-electron chi connectivity index (χ2n) is 16.1. The Balaban J connectivity index is 0.961. The van der Waals surface area contributed by atoms with E-state index >= 15 is 0 Å². The minimum Gasteiger partial charge on any atom is -0.508 e. The summed E-state index contributed by atoms with van der Waals surface area (Å²) in [6, 6.07) is 19.5. The van der Waals surface area contributed by atoms with Gasteiger partial charge in [0.1, 0.15) is 11.4 Å². The van der Waals surface area contributed by atoms with Crippen molar-refractivity contribution in [3.8, 4) is 5.75 Å². The van der Waals surface area contributed by atoms with Crippen molar-refractivity contribution in [2.75, 3.05) is 39.3 Å². The smallest absolute Gasteiger partial charge is 0.407 e. The number of amides is 2. The van der Waals surface area contributed by atoms with E-state index in [9.17, 15) is 14.7 Å². The summed E-state index contributed by atoms with van der Waals surface area (Å²) in [5.74, 6) is 0.00254. The lowest BCUT2D eigenvalue weighted by atomic mass is 9.95. The van der Waals surface area contributed by atoms with Crippen molar-refractivity contribution in [1.29, 1.82) is 0 Å². The quantitative estimate of drug-likeness (QED) is 0.112. The van der Waals surface area contributed by atoms with Crippen LogP contribution in [0.4, 0.5) is 4.79 Å². The summed E-state index contributed by atoms with van der Waals surface area (Å²) in [6.07, 6.45) is 5.83. The maximum absolute atomic E-state index is 12.9. The number of imidazole rings is 1. The number of piperazine rings is 1. The highest BCUT2D eigenvalue weighted by molar-refractivity contribution is 6.01. The van der Waals surface area contributed by atoms with E-state index in [1.165, 1.54) is 22.0 Å². The van der Waals surface area contributed by atoms with Gasteiger partial charge in [-0.15, -0.1) is 0 Å². The van der Waals surface area contributed by atoms with Crippen molar-refractivity contribution < 1.29 is 19.4 Å². The number of nitrogens with one attached hydrogen (secondary N) is 4. The van der Waals surface area contributed by atoms with E-state index in [2.05, 4.69) is 83.0 Å². The molecule has 1 unspecified atom stereocenters. The molecule has 13 heteroatoms. The first kappa shape index (κ1) is 37.3. The lowest BCUT2D eigenvalue weighted by molar-refractivity contribution is 0.0515. The van der Waals surface area contributed by atoms with E-state index in [-0.39, 0.29) is 23.8 Å². The molecule has 0 spiro atoms. The summed E-state index contributed by atoms with van der Waals surface area (Å²) in [7, 11) is 1.99. The minimum absolute atomic E-state index is 0.137. The number of nitrogens with zero attached hydrogens (tertiary/aromatic N) is 5. The molecule has 3 aromatic heterocycles. The fraction of sp³-hybridized carbons (Fsp3) is 0.372. The molecule has 0 radical (unpaired) electrons. The minimum atomic E-state index is -0.503. The summed E-state index contributed by atoms with van der Waals surface area (Å²) in [5.41, 5.74) is 8.51. The standard InChI is InChI=1S/C43H51N9O4/c1-43(2,3)56-42(55)45-13-14-50-15-17-51(18-16-50)23-29-24-52(26-30-25-49(4)27-46-30)38-19-28(9-11-32(29)38)21-44-22-37-39(34-7-5-6-8-36(34)47-37)40-35-20-31(53)10-12-33(35)41(54)48-40/h5-12,19-20,24-25,27,40,44,47,53H,13-18,21-23,26H2,1-4H3,(H,45,55)(H,48,54). The third-order valence-electron chi connectivity index (χ3n) is 10.7. The lowest BCUT2D eigenvalue weighted by Crippen LogP contribution is -2.48. The van der Waals surface area contributed by atoms with Crippen molar-refractivity contribution in [3.05, 3.63) is 119 Å². The Morgan fingerprint density at radius 1 is 0.964 bits per heavy atom. The normalized spacial score (nSPS) is 16.4. The zero-order valence-electron chi connectivity index (χ0n) is 32.6. The number of aryl methyl sites for hydroxylation is 1. The Kier molecular flexibility index (Phi) is 10.3. The molecular formula is C43H51N9O4. The number of carbonyl (C=O) groups excluding carboxylic acids is 2. The van der Waals surface area contributed by atoms with E-state index in [0.29, 0.717) is 31.7 Å². The summed E-state index contributed by atoms with van der Waals surface area (Å²) in [5, 5.41) is 22.3. The molecule has 6 aromatic rings. The highest BCUT2D eigenvalue weighted by Crippen LogP contribution is 2.38. The highest BCUT2D eigenvalue weighted by atomic mass is 16.6. The number of carbonyl (C=O) groups is 2. The first-order chi connectivity index (χ1) is 27.0. The van der Waals surface area contributed by atoms with Crippen molar-refractivity contribution in [1.82, 2.24) is 44.9 Å². The van der Waals surface area contributed by atoms with Gasteiger partial charge in [-0.1, -0.05) is 30.3 Å². The molecule has 2 aliphatic rings. The predicted molar refractivity (Wildman–Crippen MR) is 216 cm³/mol. The van der Waals surface area contributed by atoms with E-state index in [1.54, 1.807) is 18.2 Å². The molecule has 1 saturated heterocycles. The molecule has 13 nitrogen and oxygen atoms in total. The number of H-pyrrole nitrogens is 1. The lowest BCUT2D eigenvalue weighted by Gasteiger charge is -2.34. The van der Waals surface area contributed by atoms with Gasteiger partial charge in [-0.3, -0.25) is 14.6 Å². The number of phenolic OH excluding ortho intramolecular Hbond substituents is 1. The Hall–Kier alpha value is -5.63. The van der Waals surface area contributed by atoms with Crippen LogP contribution in [0.2, 0.25) is 0 Å². The molecular weight excluding hydrogens is 707 g/mol. The number of alkyl carbamates (subject to hydrolysis) is 1. The van der Waals surface area contributed by atoms with Gasteiger partial charge in [-0.05, 0) is 67.8 Å². The van der Waals surface area contributed by atoms with Gasteiger partial charge in [0.15, 0.2) is 0 Å². The molecule has 2 aliphatic heterocycles. The van der Waals surface area contributed by atoms with Gasteiger partial charge in [-0.2, -0.15) is 0 Å². The molecule has 8 rings (SSSR count). The number of hydrogen-bond acceptors (Lipinski definition) is 8. The molecule has 2 amide bonds. The number of benzene rings is 3. The number of ether oxygens (including phenoxy) is 1. The summed E-state index contributed by atoms with van der Waals surface area (Å²) < 4.78 is 9.67. The van der Waals surface area contributed by atoms with Gasteiger partial charge in [0, 0.05) is 117 Å². The van der Waals surface area contributed by atoms with Crippen LogP contribution < -0.4 is 16.0 Å². The number of rotatable bonds is 12. The molecule has 56 heavy (non-hydrogen) atoms. The van der Waals surface area contributed by atoms with Crippen LogP contribution in [0.5, 0.6) is 5.75 Å². The number of hydrogen-bond donors (Lipinski definition) is 5. The zero-order chi connectivity index (χ0) is 39.0. The summed E-state index contributed by atoms with van der Waals surface area (Å²) in [4.78, 5) is 38.1. The van der Waals surface area contributed by atoms with Crippen LogP contribution in [-0.2, 0) is 38.0 Å². The largest absolute Gasteiger partial charge is 0.508 e. The molecule has 5 heterocycles. The zero-order valence-corrected chi connectivity index (χ0v) is 32.6. The first-order valence-electron chi connectivity index (χ1n) is 19.4. The molecule has 5 N–H and O–H groups in total. The maximum atomic E-state index is 12.9. The van der Waals surface area contributed by atoms with Gasteiger partial charge >= 0.3 is 6.09 Å². The number of aromatic hydroxyl groups is 1. The van der Waals surface area contributed by atoms with Crippen LogP contribution in [0, 0.1) is 0 Å². The fourth-order valence-electron chi connectivity index (χ4n) is 8.08. The average molecular weight is 758 g/mol. The van der Waals surface area contributed by atoms with Gasteiger partial charge in [0.25, 0.3) is 5.91 Å². The number of phenols is 1. The number of para-hydroxylation sites is 1. The number of fused-ring (bicyclic) bond motifs is 3. The summed E-state index contributed by atoms with van der Waals surface area (Å²) >= 11 is 0. The second kappa shape index (κ2) is 15.5. The number of aromatic amines is 1. The fourth-order valence-corrected chi connectivity index (χ4v) is 8.08. The van der Waals surface area contributed by atoms with E-state index in [4.69, 9.17) is 4.74 Å². The van der Waals surface area contributed by atoms with Gasteiger partial charge in [0.05, 0.1) is 24.6 Å². The highest BCUT2D eigenvalue weighted by Gasteiger charge is 2.33. The van der Waals surface area contributed by atoms with Crippen molar-refractivity contribution in [3.63, 3.8) is 0 Å². The Morgan fingerprint density at radius 3 is 2.55 bits per heavy atom. The molecule has 0 bridgehead atoms. The third-order valence-corrected chi connectivity index (χ3v) is 10.7. The SMILES string of the molecule is Cn1cnc(Cn2cc(CN3CCN(CCNC(=O)OC(C)(C)C)CC3)c3ccc(CNCc4[nH]c5ccccc5c4C4NC(=O)c5ccc(O)cc54)cc32)c1. The molecule has 1 atom stereocenters. The molecule has 292 valence electrons. The van der Waals surface area contributed by atoms with Crippen LogP contribution in [0.3, 0.4) is 0 Å². The molecule has 0 aliphatic carbocycles. The van der Waals surface area contributed by atoms with Crippen LogP contribution in [0.1, 0.15) is 70.8 Å². The summed E-state index contributed by atoms with van der Waals surface area (Å²) in [6.45, 7) is 13.5. The van der Waals surface area contributed by atoms with Crippen molar-refractivity contribution in [2.24, 2.45) is 7.05 Å². The third kappa shape index (κ3) is 8.15. The Bertz CT molecular complexity index is 2380. The molecule has 1 fully saturated rings. The van der Waals surface area contributed by atoms with Crippen LogP contribution in [-0.4, -0.2) is 90.9 Å². The van der Waals surface area contributed by atoms with Crippen LogP contribution in [0.15, 0.2) is 79.4 Å². The topological polar surface area (TPSA) is 145 Å². The monoisotopic (exact) mass is 757 g/mol. The Labute approximate surface area is 326 Å². The second-order valence-corrected chi connectivity index (χ2v) is 16.1. The van der Waals surface area contributed by atoms with Crippen molar-refractivity contribution >= 4 is 33.8 Å². The predicted octanol–water partition coefficient (Wildman–Crippen LogP) is 5.37. The average Bonchev–Trinajstić information content (AvgIpc) is 3.91. The number of aromatic nitrogens is 4. The Morgan fingerprint density at radius 2 is 1.77 bits per heavy atom. The van der Waals surface area contributed by atoms with E-state index in [0.717, 1.165) is 72.7 Å². The molecule has 3 aromatic carbocycles. The van der Waals surface area contributed by atoms with Crippen LogP contribution >= 0.6 is 0 Å². The van der Waals surface area contributed by atoms with Crippen LogP contribution in [0.25, 0.3) is 21.8 Å². The van der Waals surface area contributed by atoms with Gasteiger partial charge in [0.2, 0.25) is 0 Å². The van der Waals surface area contributed by atoms with Crippen molar-refractivity contribution in [2.45, 2.75) is 58.6 Å². The first-order valence-corrected chi connectivity index (χ1v) is 19.4. The maximum Gasteiger partial charge on any atom is 0.407 e. The molecule has 0 saturated carbocycles. The van der Waals surface area contributed by atoms with Gasteiger partial charge < -0.3 is 39.9 Å².